The quantitative estimate of drug-likeness (QED) is 0.540. The normalized spacial score (nSPS) is 20.2. The van der Waals surface area contributed by atoms with Crippen molar-refractivity contribution in [3.05, 3.63) is 60.2 Å². The predicted molar refractivity (Wildman–Crippen MR) is 122 cm³/mol. The van der Waals surface area contributed by atoms with Crippen LogP contribution in [0.15, 0.2) is 54.6 Å². The summed E-state index contributed by atoms with van der Waals surface area (Å²) in [5.74, 6) is -3.33. The zero-order valence-corrected chi connectivity index (χ0v) is 18.4. The average molecular weight is 438 g/mol. The first-order chi connectivity index (χ1) is 15.3. The Hall–Kier alpha value is -3.15. The van der Waals surface area contributed by atoms with Crippen LogP contribution in [0.5, 0.6) is 0 Å². The maximum atomic E-state index is 12.9. The van der Waals surface area contributed by atoms with E-state index >= 15 is 0 Å². The Labute approximate surface area is 188 Å². The lowest BCUT2D eigenvalue weighted by Gasteiger charge is -2.28. The summed E-state index contributed by atoms with van der Waals surface area (Å²) in [5, 5.41) is 21.7. The summed E-state index contributed by atoms with van der Waals surface area (Å²) in [4.78, 5) is 35.7. The van der Waals surface area contributed by atoms with Gasteiger partial charge in [0.1, 0.15) is 0 Å². The zero-order valence-electron chi connectivity index (χ0n) is 18.4. The third-order valence-electron chi connectivity index (χ3n) is 6.34. The van der Waals surface area contributed by atoms with Gasteiger partial charge >= 0.3 is 11.9 Å². The van der Waals surface area contributed by atoms with Crippen molar-refractivity contribution in [2.24, 2.45) is 17.8 Å². The number of benzene rings is 2. The van der Waals surface area contributed by atoms with Crippen LogP contribution in [-0.2, 0) is 20.8 Å². The number of hydrogen-bond acceptors (Lipinski definition) is 3. The third-order valence-corrected chi connectivity index (χ3v) is 6.34. The monoisotopic (exact) mass is 437 g/mol. The van der Waals surface area contributed by atoms with Crippen LogP contribution in [0.2, 0.25) is 0 Å². The Morgan fingerprint density at radius 1 is 0.938 bits per heavy atom. The first kappa shape index (κ1) is 23.5. The summed E-state index contributed by atoms with van der Waals surface area (Å²) < 4.78 is 0. The lowest BCUT2D eigenvalue weighted by Crippen LogP contribution is -2.43. The van der Waals surface area contributed by atoms with Gasteiger partial charge in [-0.15, -0.1) is 0 Å². The second-order valence-corrected chi connectivity index (χ2v) is 8.85. The summed E-state index contributed by atoms with van der Waals surface area (Å²) in [7, 11) is 0. The number of aliphatic carboxylic acids is 2. The molecule has 2 aromatic carbocycles. The molecule has 1 fully saturated rings. The topological polar surface area (TPSA) is 104 Å². The number of rotatable bonds is 9. The molecule has 6 nitrogen and oxygen atoms in total. The highest BCUT2D eigenvalue weighted by molar-refractivity contribution is 5.80. The largest absolute Gasteiger partial charge is 0.481 e. The highest BCUT2D eigenvalue weighted by Gasteiger charge is 2.32. The fourth-order valence-electron chi connectivity index (χ4n) is 4.44. The Morgan fingerprint density at radius 2 is 1.56 bits per heavy atom. The van der Waals surface area contributed by atoms with Crippen molar-refractivity contribution in [3.63, 3.8) is 0 Å². The number of amides is 1. The maximum absolute atomic E-state index is 12.9. The fraction of sp³-hybridized carbons (Fsp3) is 0.423. The lowest BCUT2D eigenvalue weighted by molar-refractivity contribution is -0.145. The minimum Gasteiger partial charge on any atom is -0.481 e. The van der Waals surface area contributed by atoms with Crippen LogP contribution in [0, 0.1) is 17.8 Å². The molecule has 2 aromatic rings. The van der Waals surface area contributed by atoms with E-state index in [-0.39, 0.29) is 17.9 Å². The standard InChI is InChI=1S/C26H31NO5/c1-17(25(29)30)14-23(27-24(28)21-8-5-9-22(16-21)26(31)32)15-18-10-12-20(13-11-18)19-6-3-2-4-7-19/h2-4,6-7,10-13,17,21-23H,5,8-9,14-16H2,1H3,(H,27,28)(H,29,30)(H,31,32)/t17?,21-,22+,23?/m0/s1. The van der Waals surface area contributed by atoms with Gasteiger partial charge in [0.15, 0.2) is 0 Å². The van der Waals surface area contributed by atoms with E-state index < -0.39 is 23.8 Å². The first-order valence-corrected chi connectivity index (χ1v) is 11.2. The zero-order chi connectivity index (χ0) is 23.1. The van der Waals surface area contributed by atoms with Crippen molar-refractivity contribution in [2.75, 3.05) is 0 Å². The lowest BCUT2D eigenvalue weighted by atomic mass is 9.80. The van der Waals surface area contributed by atoms with Crippen molar-refractivity contribution in [1.29, 1.82) is 0 Å². The SMILES string of the molecule is CC(CC(Cc1ccc(-c2ccccc2)cc1)NC(=O)[C@H]1CCC[C@@H](C(=O)O)C1)C(=O)O. The van der Waals surface area contributed by atoms with Gasteiger partial charge in [0.25, 0.3) is 0 Å². The molecule has 0 spiro atoms. The molecule has 0 aliphatic heterocycles. The Morgan fingerprint density at radius 3 is 2.19 bits per heavy atom. The van der Waals surface area contributed by atoms with E-state index in [9.17, 15) is 24.6 Å². The van der Waals surface area contributed by atoms with Crippen molar-refractivity contribution in [1.82, 2.24) is 5.32 Å². The van der Waals surface area contributed by atoms with Crippen LogP contribution in [0.4, 0.5) is 0 Å². The maximum Gasteiger partial charge on any atom is 0.306 e. The number of carbonyl (C=O) groups is 3. The Bertz CT molecular complexity index is 925. The predicted octanol–water partition coefficient (Wildman–Crippen LogP) is 4.38. The summed E-state index contributed by atoms with van der Waals surface area (Å²) in [6.07, 6.45) is 3.17. The van der Waals surface area contributed by atoms with Gasteiger partial charge in [-0.2, -0.15) is 0 Å². The Kier molecular flexibility index (Phi) is 8.03. The number of nitrogens with one attached hydrogen (secondary N) is 1. The molecule has 32 heavy (non-hydrogen) atoms. The molecule has 1 aliphatic carbocycles. The Balaban J connectivity index is 1.69. The van der Waals surface area contributed by atoms with Gasteiger partial charge in [0.05, 0.1) is 11.8 Å². The molecule has 0 saturated heterocycles. The average Bonchev–Trinajstić information content (AvgIpc) is 2.80. The van der Waals surface area contributed by atoms with E-state index in [0.717, 1.165) is 16.7 Å². The van der Waals surface area contributed by atoms with Crippen LogP contribution in [0.1, 0.15) is 44.6 Å². The second kappa shape index (κ2) is 10.9. The number of carboxylic acid groups (broad SMARTS) is 2. The summed E-state index contributed by atoms with van der Waals surface area (Å²) >= 11 is 0. The molecule has 6 heteroatoms. The van der Waals surface area contributed by atoms with E-state index in [1.165, 1.54) is 0 Å². The van der Waals surface area contributed by atoms with Gasteiger partial charge in [-0.05, 0) is 48.8 Å². The molecule has 170 valence electrons. The van der Waals surface area contributed by atoms with E-state index in [1.807, 2.05) is 54.6 Å². The molecule has 0 aromatic heterocycles. The van der Waals surface area contributed by atoms with Crippen molar-refractivity contribution in [2.45, 2.75) is 51.5 Å². The van der Waals surface area contributed by atoms with E-state index in [4.69, 9.17) is 0 Å². The highest BCUT2D eigenvalue weighted by Crippen LogP contribution is 2.30. The number of hydrogen-bond donors (Lipinski definition) is 3. The van der Waals surface area contributed by atoms with E-state index in [2.05, 4.69) is 5.32 Å². The van der Waals surface area contributed by atoms with E-state index in [0.29, 0.717) is 38.5 Å². The van der Waals surface area contributed by atoms with Gasteiger partial charge < -0.3 is 15.5 Å². The van der Waals surface area contributed by atoms with E-state index in [1.54, 1.807) is 6.92 Å². The second-order valence-electron chi connectivity index (χ2n) is 8.85. The number of carbonyl (C=O) groups excluding carboxylic acids is 1. The minimum absolute atomic E-state index is 0.167. The van der Waals surface area contributed by atoms with Crippen LogP contribution >= 0.6 is 0 Å². The van der Waals surface area contributed by atoms with Gasteiger partial charge in [0, 0.05) is 12.0 Å². The number of carboxylic acids is 2. The minimum atomic E-state index is -0.896. The highest BCUT2D eigenvalue weighted by atomic mass is 16.4. The van der Waals surface area contributed by atoms with Crippen LogP contribution in [-0.4, -0.2) is 34.1 Å². The molecule has 1 amide bonds. The molecule has 3 N–H and O–H groups in total. The molecule has 0 bridgehead atoms. The van der Waals surface area contributed by atoms with Crippen molar-refractivity contribution in [3.8, 4) is 11.1 Å². The van der Waals surface area contributed by atoms with Crippen LogP contribution < -0.4 is 5.32 Å². The summed E-state index contributed by atoms with van der Waals surface area (Å²) in [5.41, 5.74) is 3.23. The van der Waals surface area contributed by atoms with Crippen molar-refractivity contribution < 1.29 is 24.6 Å². The third kappa shape index (κ3) is 6.42. The van der Waals surface area contributed by atoms with Gasteiger partial charge in [-0.3, -0.25) is 14.4 Å². The molecule has 4 atom stereocenters. The molecule has 1 saturated carbocycles. The first-order valence-electron chi connectivity index (χ1n) is 11.2. The van der Waals surface area contributed by atoms with Crippen molar-refractivity contribution >= 4 is 17.8 Å². The van der Waals surface area contributed by atoms with Gasteiger partial charge in [0.2, 0.25) is 5.91 Å². The van der Waals surface area contributed by atoms with Crippen LogP contribution in [0.25, 0.3) is 11.1 Å². The molecule has 0 radical (unpaired) electrons. The van der Waals surface area contributed by atoms with Crippen LogP contribution in [0.3, 0.4) is 0 Å². The molecular formula is C26H31NO5. The van der Waals surface area contributed by atoms with Gasteiger partial charge in [-0.25, -0.2) is 0 Å². The molecule has 2 unspecified atom stereocenters. The molecule has 1 aliphatic rings. The summed E-state index contributed by atoms with van der Waals surface area (Å²) in [6, 6.07) is 17.8. The molecule has 3 rings (SSSR count). The molecular weight excluding hydrogens is 406 g/mol. The summed E-state index contributed by atoms with van der Waals surface area (Å²) in [6.45, 7) is 1.64. The van der Waals surface area contributed by atoms with Gasteiger partial charge in [-0.1, -0.05) is 67.9 Å². The fourth-order valence-corrected chi connectivity index (χ4v) is 4.44. The smallest absolute Gasteiger partial charge is 0.306 e. The molecule has 0 heterocycles.